The number of halogens is 2. The summed E-state index contributed by atoms with van der Waals surface area (Å²) in [6.45, 7) is 1.21. The average Bonchev–Trinajstić information content (AvgIpc) is 3.33. The number of carbonyl (C=O) groups is 1. The van der Waals surface area contributed by atoms with Crippen molar-refractivity contribution in [3.8, 4) is 5.75 Å². The van der Waals surface area contributed by atoms with E-state index in [1.54, 1.807) is 0 Å². The second kappa shape index (κ2) is 9.22. The standard InChI is InChI=1S/C19H21BrN2O2.ClH/c20-15-3-1-2-13(10-15)12-24-16-6-4-14(5-7-16)17-11-18(17)22-9-8-19(21)23;/h1-7,10,17-18,22H,8-9,11-12H2,(H2,21,23);1H/t17?,18-;/m0./s1. The summed E-state index contributed by atoms with van der Waals surface area (Å²) in [5.41, 5.74) is 7.59. The molecule has 1 aliphatic carbocycles. The van der Waals surface area contributed by atoms with Gasteiger partial charge in [-0.1, -0.05) is 40.2 Å². The lowest BCUT2D eigenvalue weighted by Crippen LogP contribution is -2.24. The van der Waals surface area contributed by atoms with Crippen LogP contribution in [0, 0.1) is 0 Å². The van der Waals surface area contributed by atoms with E-state index in [2.05, 4.69) is 39.4 Å². The molecule has 25 heavy (non-hydrogen) atoms. The fourth-order valence-electron chi connectivity index (χ4n) is 2.77. The lowest BCUT2D eigenvalue weighted by molar-refractivity contribution is -0.117. The van der Waals surface area contributed by atoms with Gasteiger partial charge in [-0.2, -0.15) is 0 Å². The number of nitrogens with one attached hydrogen (secondary N) is 1. The summed E-state index contributed by atoms with van der Waals surface area (Å²) in [4.78, 5) is 10.7. The molecule has 134 valence electrons. The predicted molar refractivity (Wildman–Crippen MR) is 105 cm³/mol. The van der Waals surface area contributed by atoms with Crippen molar-refractivity contribution in [1.82, 2.24) is 5.32 Å². The van der Waals surface area contributed by atoms with Crippen LogP contribution in [0.3, 0.4) is 0 Å². The number of benzene rings is 2. The molecule has 0 saturated heterocycles. The summed E-state index contributed by atoms with van der Waals surface area (Å²) in [5, 5.41) is 3.37. The van der Waals surface area contributed by atoms with Gasteiger partial charge < -0.3 is 15.8 Å². The van der Waals surface area contributed by atoms with Crippen LogP contribution in [-0.4, -0.2) is 18.5 Å². The summed E-state index contributed by atoms with van der Waals surface area (Å²) < 4.78 is 6.89. The highest BCUT2D eigenvalue weighted by atomic mass is 79.9. The zero-order valence-corrected chi connectivity index (χ0v) is 16.2. The van der Waals surface area contributed by atoms with Crippen molar-refractivity contribution < 1.29 is 9.53 Å². The first-order valence-electron chi connectivity index (χ1n) is 8.11. The third-order valence-corrected chi connectivity index (χ3v) is 4.66. The van der Waals surface area contributed by atoms with Gasteiger partial charge in [0.1, 0.15) is 12.4 Å². The fraction of sp³-hybridized carbons (Fsp3) is 0.316. The van der Waals surface area contributed by atoms with Crippen molar-refractivity contribution in [2.75, 3.05) is 6.54 Å². The number of hydrogen-bond acceptors (Lipinski definition) is 3. The Balaban J connectivity index is 0.00000225. The Labute approximate surface area is 162 Å². The summed E-state index contributed by atoms with van der Waals surface area (Å²) in [7, 11) is 0. The number of carbonyl (C=O) groups excluding carboxylic acids is 1. The minimum absolute atomic E-state index is 0. The Morgan fingerprint density at radius 2 is 2.00 bits per heavy atom. The van der Waals surface area contributed by atoms with E-state index in [-0.39, 0.29) is 18.3 Å². The highest BCUT2D eigenvalue weighted by Crippen LogP contribution is 2.41. The van der Waals surface area contributed by atoms with Gasteiger partial charge in [0, 0.05) is 29.4 Å². The second-order valence-electron chi connectivity index (χ2n) is 6.11. The van der Waals surface area contributed by atoms with Gasteiger partial charge in [0.25, 0.3) is 0 Å². The van der Waals surface area contributed by atoms with Crippen LogP contribution in [-0.2, 0) is 11.4 Å². The second-order valence-corrected chi connectivity index (χ2v) is 7.02. The van der Waals surface area contributed by atoms with Crippen molar-refractivity contribution in [3.05, 3.63) is 64.1 Å². The van der Waals surface area contributed by atoms with E-state index >= 15 is 0 Å². The molecule has 1 saturated carbocycles. The molecule has 1 fully saturated rings. The van der Waals surface area contributed by atoms with Gasteiger partial charge in [-0.25, -0.2) is 0 Å². The van der Waals surface area contributed by atoms with Gasteiger partial charge in [-0.3, -0.25) is 4.79 Å². The molecule has 1 unspecified atom stereocenters. The molecule has 6 heteroatoms. The molecule has 0 aromatic heterocycles. The Kier molecular flexibility index (Phi) is 7.29. The van der Waals surface area contributed by atoms with Gasteiger partial charge >= 0.3 is 0 Å². The first-order chi connectivity index (χ1) is 11.6. The van der Waals surface area contributed by atoms with E-state index in [4.69, 9.17) is 10.5 Å². The van der Waals surface area contributed by atoms with Crippen molar-refractivity contribution in [2.24, 2.45) is 5.73 Å². The minimum atomic E-state index is -0.258. The van der Waals surface area contributed by atoms with E-state index in [0.29, 0.717) is 31.5 Å². The molecule has 0 spiro atoms. The Bertz CT molecular complexity index is 709. The number of hydrogen-bond donors (Lipinski definition) is 2. The first kappa shape index (κ1) is 19.8. The molecule has 2 atom stereocenters. The Morgan fingerprint density at radius 1 is 1.24 bits per heavy atom. The summed E-state index contributed by atoms with van der Waals surface area (Å²) >= 11 is 3.46. The van der Waals surface area contributed by atoms with E-state index in [1.807, 2.05) is 30.3 Å². The molecule has 0 radical (unpaired) electrons. The minimum Gasteiger partial charge on any atom is -0.489 e. The summed E-state index contributed by atoms with van der Waals surface area (Å²) in [6, 6.07) is 16.8. The van der Waals surface area contributed by atoms with Crippen LogP contribution in [0.25, 0.3) is 0 Å². The monoisotopic (exact) mass is 424 g/mol. The predicted octanol–water partition coefficient (Wildman–Crippen LogP) is 3.77. The molecule has 2 aromatic carbocycles. The van der Waals surface area contributed by atoms with Crippen LogP contribution < -0.4 is 15.8 Å². The summed E-state index contributed by atoms with van der Waals surface area (Å²) in [5.74, 6) is 1.14. The van der Waals surface area contributed by atoms with Crippen molar-refractivity contribution in [3.63, 3.8) is 0 Å². The topological polar surface area (TPSA) is 64.4 Å². The number of ether oxygens (including phenoxy) is 1. The first-order valence-corrected chi connectivity index (χ1v) is 8.90. The molecule has 3 N–H and O–H groups in total. The van der Waals surface area contributed by atoms with E-state index in [0.717, 1.165) is 22.2 Å². The number of rotatable bonds is 8. The van der Waals surface area contributed by atoms with E-state index in [1.165, 1.54) is 5.56 Å². The van der Waals surface area contributed by atoms with E-state index in [9.17, 15) is 4.79 Å². The number of nitrogens with two attached hydrogens (primary N) is 1. The van der Waals surface area contributed by atoms with Crippen LogP contribution in [0.5, 0.6) is 5.75 Å². The van der Waals surface area contributed by atoms with Crippen molar-refractivity contribution in [1.29, 1.82) is 0 Å². The molecule has 1 amide bonds. The highest BCUT2D eigenvalue weighted by Gasteiger charge is 2.37. The normalized spacial score (nSPS) is 18.3. The van der Waals surface area contributed by atoms with Crippen LogP contribution >= 0.6 is 28.3 Å². The van der Waals surface area contributed by atoms with Crippen molar-refractivity contribution >= 4 is 34.2 Å². The van der Waals surface area contributed by atoms with Gasteiger partial charge in [0.05, 0.1) is 0 Å². The third kappa shape index (κ3) is 6.03. The van der Waals surface area contributed by atoms with E-state index < -0.39 is 0 Å². The maximum Gasteiger partial charge on any atom is 0.218 e. The van der Waals surface area contributed by atoms with Gasteiger partial charge in [-0.05, 0) is 41.8 Å². The summed E-state index contributed by atoms with van der Waals surface area (Å²) in [6.07, 6.45) is 1.50. The lowest BCUT2D eigenvalue weighted by Gasteiger charge is -2.08. The molecule has 4 nitrogen and oxygen atoms in total. The molecular weight excluding hydrogens is 404 g/mol. The van der Waals surface area contributed by atoms with Crippen LogP contribution in [0.15, 0.2) is 53.0 Å². The Morgan fingerprint density at radius 3 is 2.68 bits per heavy atom. The van der Waals surface area contributed by atoms with Crippen LogP contribution in [0.2, 0.25) is 0 Å². The quantitative estimate of drug-likeness (QED) is 0.676. The largest absolute Gasteiger partial charge is 0.489 e. The third-order valence-electron chi connectivity index (χ3n) is 4.17. The van der Waals surface area contributed by atoms with Crippen molar-refractivity contribution in [2.45, 2.75) is 31.4 Å². The van der Waals surface area contributed by atoms with Crippen LogP contribution in [0.4, 0.5) is 0 Å². The molecule has 3 rings (SSSR count). The molecule has 1 aliphatic rings. The molecule has 2 aromatic rings. The SMILES string of the molecule is Cl.NC(=O)CCN[C@H]1CC1c1ccc(OCc2cccc(Br)c2)cc1. The van der Waals surface area contributed by atoms with Gasteiger partial charge in [0.15, 0.2) is 0 Å². The maximum atomic E-state index is 10.7. The molecular formula is C19H22BrClN2O2. The van der Waals surface area contributed by atoms with Gasteiger partial charge in [-0.15, -0.1) is 12.4 Å². The van der Waals surface area contributed by atoms with Gasteiger partial charge in [0.2, 0.25) is 5.91 Å². The molecule has 0 heterocycles. The maximum absolute atomic E-state index is 10.7. The zero-order valence-electron chi connectivity index (χ0n) is 13.8. The number of amides is 1. The molecule has 0 bridgehead atoms. The van der Waals surface area contributed by atoms with Crippen LogP contribution in [0.1, 0.15) is 29.9 Å². The fourth-order valence-corrected chi connectivity index (χ4v) is 3.22. The zero-order chi connectivity index (χ0) is 16.9. The number of primary amides is 1. The average molecular weight is 426 g/mol. The lowest BCUT2D eigenvalue weighted by atomic mass is 10.1. The Hall–Kier alpha value is -1.56. The molecule has 0 aliphatic heterocycles. The highest BCUT2D eigenvalue weighted by molar-refractivity contribution is 9.10. The smallest absolute Gasteiger partial charge is 0.218 e.